The van der Waals surface area contributed by atoms with E-state index in [0.717, 1.165) is 41.8 Å². The fraction of sp³-hybridized carbons (Fsp3) is 0.304. The SMILES string of the molecule is CN(Cc1ccc(N(C)C)cc1)C(=O)c1nn(-c2ccccc2)c2c1CCC2. The molecule has 0 saturated heterocycles. The molecule has 5 heteroatoms. The van der Waals surface area contributed by atoms with Crippen LogP contribution in [0, 0.1) is 0 Å². The number of para-hydroxylation sites is 1. The summed E-state index contributed by atoms with van der Waals surface area (Å²) in [5.74, 6) is -0.00971. The molecule has 2 aromatic carbocycles. The van der Waals surface area contributed by atoms with Gasteiger partial charge >= 0.3 is 0 Å². The monoisotopic (exact) mass is 374 g/mol. The molecule has 1 aliphatic rings. The van der Waals surface area contributed by atoms with E-state index in [0.29, 0.717) is 12.2 Å². The van der Waals surface area contributed by atoms with Crippen LogP contribution < -0.4 is 4.90 Å². The zero-order valence-electron chi connectivity index (χ0n) is 16.7. The molecule has 1 aromatic heterocycles. The van der Waals surface area contributed by atoms with Gasteiger partial charge in [0, 0.05) is 44.6 Å². The smallest absolute Gasteiger partial charge is 0.274 e. The highest BCUT2D eigenvalue weighted by Gasteiger charge is 2.28. The third kappa shape index (κ3) is 3.40. The topological polar surface area (TPSA) is 41.4 Å². The van der Waals surface area contributed by atoms with E-state index in [2.05, 4.69) is 29.2 Å². The van der Waals surface area contributed by atoms with Gasteiger partial charge in [0.1, 0.15) is 0 Å². The van der Waals surface area contributed by atoms with Gasteiger partial charge in [-0.25, -0.2) is 4.68 Å². The molecule has 5 nitrogen and oxygen atoms in total. The molecule has 0 unspecified atom stereocenters. The van der Waals surface area contributed by atoms with Crippen molar-refractivity contribution in [3.8, 4) is 5.69 Å². The molecule has 1 heterocycles. The Hall–Kier alpha value is -3.08. The molecule has 1 amide bonds. The zero-order valence-corrected chi connectivity index (χ0v) is 16.7. The minimum absolute atomic E-state index is 0.00971. The van der Waals surface area contributed by atoms with Gasteiger partial charge < -0.3 is 9.80 Å². The summed E-state index contributed by atoms with van der Waals surface area (Å²) < 4.78 is 1.95. The van der Waals surface area contributed by atoms with Crippen LogP contribution in [0.1, 0.15) is 33.7 Å². The van der Waals surface area contributed by atoms with E-state index >= 15 is 0 Å². The summed E-state index contributed by atoms with van der Waals surface area (Å²) in [6.07, 6.45) is 2.98. The Morgan fingerprint density at radius 1 is 1.00 bits per heavy atom. The van der Waals surface area contributed by atoms with Crippen LogP contribution in [0.15, 0.2) is 54.6 Å². The third-order valence-electron chi connectivity index (χ3n) is 5.35. The van der Waals surface area contributed by atoms with Crippen molar-refractivity contribution in [2.45, 2.75) is 25.8 Å². The van der Waals surface area contributed by atoms with Gasteiger partial charge in [0.05, 0.1) is 5.69 Å². The molecule has 0 atom stereocenters. The minimum atomic E-state index is -0.00971. The second-order valence-electron chi connectivity index (χ2n) is 7.60. The second-order valence-corrected chi connectivity index (χ2v) is 7.60. The number of nitrogens with zero attached hydrogens (tertiary/aromatic N) is 4. The molecule has 0 radical (unpaired) electrons. The van der Waals surface area contributed by atoms with Crippen molar-refractivity contribution in [3.05, 3.63) is 77.1 Å². The molecule has 0 bridgehead atoms. The number of fused-ring (bicyclic) bond motifs is 1. The molecule has 0 N–H and O–H groups in total. The van der Waals surface area contributed by atoms with Crippen LogP contribution in [0.4, 0.5) is 5.69 Å². The van der Waals surface area contributed by atoms with Gasteiger partial charge in [-0.3, -0.25) is 4.79 Å². The lowest BCUT2D eigenvalue weighted by Gasteiger charge is -2.18. The Kier molecular flexibility index (Phi) is 4.90. The first-order chi connectivity index (χ1) is 13.5. The number of carbonyl (C=O) groups is 1. The lowest BCUT2D eigenvalue weighted by Crippen LogP contribution is -2.27. The van der Waals surface area contributed by atoms with Crippen molar-refractivity contribution < 1.29 is 4.79 Å². The van der Waals surface area contributed by atoms with Gasteiger partial charge in [-0.15, -0.1) is 0 Å². The zero-order chi connectivity index (χ0) is 19.7. The van der Waals surface area contributed by atoms with Crippen LogP contribution in [0.2, 0.25) is 0 Å². The average molecular weight is 374 g/mol. The molecule has 0 spiro atoms. The van der Waals surface area contributed by atoms with E-state index in [1.807, 2.05) is 56.2 Å². The Labute approximate surface area is 166 Å². The lowest BCUT2D eigenvalue weighted by molar-refractivity contribution is 0.0777. The van der Waals surface area contributed by atoms with Gasteiger partial charge in [-0.05, 0) is 49.1 Å². The highest BCUT2D eigenvalue weighted by Crippen LogP contribution is 2.28. The quantitative estimate of drug-likeness (QED) is 0.684. The lowest BCUT2D eigenvalue weighted by atomic mass is 10.1. The number of hydrogen-bond acceptors (Lipinski definition) is 3. The number of rotatable bonds is 5. The van der Waals surface area contributed by atoms with Crippen molar-refractivity contribution in [2.24, 2.45) is 0 Å². The summed E-state index contributed by atoms with van der Waals surface area (Å²) in [7, 11) is 5.90. The minimum Gasteiger partial charge on any atom is -0.378 e. The summed E-state index contributed by atoms with van der Waals surface area (Å²) in [5, 5.41) is 4.72. The molecular weight excluding hydrogens is 348 g/mol. The number of anilines is 1. The molecule has 0 fully saturated rings. The third-order valence-corrected chi connectivity index (χ3v) is 5.35. The Morgan fingerprint density at radius 2 is 1.71 bits per heavy atom. The van der Waals surface area contributed by atoms with E-state index in [1.54, 1.807) is 4.90 Å². The van der Waals surface area contributed by atoms with Gasteiger partial charge in [-0.2, -0.15) is 5.10 Å². The maximum atomic E-state index is 13.2. The summed E-state index contributed by atoms with van der Waals surface area (Å²) in [4.78, 5) is 17.0. The standard InChI is InChI=1S/C23H26N4O/c1-25(2)18-14-12-17(13-15-18)16-26(3)23(28)22-20-10-7-11-21(20)27(24-22)19-8-5-4-6-9-19/h4-6,8-9,12-15H,7,10-11,16H2,1-3H3. The highest BCUT2D eigenvalue weighted by atomic mass is 16.2. The largest absolute Gasteiger partial charge is 0.378 e. The Balaban J connectivity index is 1.58. The number of carbonyl (C=O) groups excluding carboxylic acids is 1. The van der Waals surface area contributed by atoms with Crippen LogP contribution in [-0.4, -0.2) is 41.7 Å². The molecule has 3 aromatic rings. The van der Waals surface area contributed by atoms with Gasteiger partial charge in [-0.1, -0.05) is 30.3 Å². The molecular formula is C23H26N4O. The number of aromatic nitrogens is 2. The van der Waals surface area contributed by atoms with E-state index in [1.165, 1.54) is 5.69 Å². The predicted molar refractivity (Wildman–Crippen MR) is 112 cm³/mol. The van der Waals surface area contributed by atoms with Crippen molar-refractivity contribution >= 4 is 11.6 Å². The molecule has 4 rings (SSSR count). The summed E-state index contributed by atoms with van der Waals surface area (Å²) in [6, 6.07) is 18.4. The van der Waals surface area contributed by atoms with E-state index in [-0.39, 0.29) is 5.91 Å². The summed E-state index contributed by atoms with van der Waals surface area (Å²) in [6.45, 7) is 0.569. The fourth-order valence-corrected chi connectivity index (χ4v) is 3.82. The number of amides is 1. The molecule has 144 valence electrons. The van der Waals surface area contributed by atoms with E-state index in [9.17, 15) is 4.79 Å². The molecule has 0 aliphatic heterocycles. The Morgan fingerprint density at radius 3 is 2.39 bits per heavy atom. The Bertz CT molecular complexity index is 974. The van der Waals surface area contributed by atoms with Crippen LogP contribution in [-0.2, 0) is 19.4 Å². The van der Waals surface area contributed by atoms with Gasteiger partial charge in [0.15, 0.2) is 5.69 Å². The van der Waals surface area contributed by atoms with Crippen LogP contribution in [0.3, 0.4) is 0 Å². The second kappa shape index (κ2) is 7.50. The number of hydrogen-bond donors (Lipinski definition) is 0. The molecule has 28 heavy (non-hydrogen) atoms. The highest BCUT2D eigenvalue weighted by molar-refractivity contribution is 5.94. The summed E-state index contributed by atoms with van der Waals surface area (Å²) in [5.41, 5.74) is 6.17. The fourth-order valence-electron chi connectivity index (χ4n) is 3.82. The van der Waals surface area contributed by atoms with Gasteiger partial charge in [0.2, 0.25) is 0 Å². The summed E-state index contributed by atoms with van der Waals surface area (Å²) >= 11 is 0. The van der Waals surface area contributed by atoms with Crippen molar-refractivity contribution in [1.82, 2.24) is 14.7 Å². The average Bonchev–Trinajstić information content (AvgIpc) is 3.31. The van der Waals surface area contributed by atoms with Crippen LogP contribution >= 0.6 is 0 Å². The van der Waals surface area contributed by atoms with Gasteiger partial charge in [0.25, 0.3) is 5.91 Å². The van der Waals surface area contributed by atoms with Crippen molar-refractivity contribution in [3.63, 3.8) is 0 Å². The normalized spacial score (nSPS) is 12.7. The maximum Gasteiger partial charge on any atom is 0.274 e. The molecule has 1 aliphatic carbocycles. The van der Waals surface area contributed by atoms with E-state index < -0.39 is 0 Å². The molecule has 0 saturated carbocycles. The van der Waals surface area contributed by atoms with Crippen molar-refractivity contribution in [1.29, 1.82) is 0 Å². The van der Waals surface area contributed by atoms with Crippen LogP contribution in [0.5, 0.6) is 0 Å². The van der Waals surface area contributed by atoms with Crippen molar-refractivity contribution in [2.75, 3.05) is 26.0 Å². The first kappa shape index (κ1) is 18.3. The first-order valence-electron chi connectivity index (χ1n) is 9.72. The van der Waals surface area contributed by atoms with E-state index in [4.69, 9.17) is 5.10 Å². The number of benzene rings is 2. The maximum absolute atomic E-state index is 13.2. The van der Waals surface area contributed by atoms with Crippen LogP contribution in [0.25, 0.3) is 5.69 Å². The first-order valence-corrected chi connectivity index (χ1v) is 9.72. The predicted octanol–water partition coefficient (Wildman–Crippen LogP) is 3.70.